The molecule has 0 aromatic heterocycles. The normalized spacial score (nSPS) is 26.5. The number of para-hydroxylation sites is 1. The Balaban J connectivity index is 1.99. The van der Waals surface area contributed by atoms with Crippen molar-refractivity contribution in [3.63, 3.8) is 0 Å². The van der Waals surface area contributed by atoms with Crippen LogP contribution in [0, 0.1) is 0 Å². The molecule has 0 radical (unpaired) electrons. The van der Waals surface area contributed by atoms with Crippen molar-refractivity contribution in [2.45, 2.75) is 38.1 Å². The highest BCUT2D eigenvalue weighted by Gasteiger charge is 2.38. The van der Waals surface area contributed by atoms with E-state index >= 15 is 0 Å². The Bertz CT molecular complexity index is 475. The lowest BCUT2D eigenvalue weighted by Crippen LogP contribution is -2.44. The van der Waals surface area contributed by atoms with Gasteiger partial charge in [-0.15, -0.1) is 0 Å². The number of hydrogen-bond acceptors (Lipinski definition) is 3. The molecule has 96 valence electrons. The van der Waals surface area contributed by atoms with Crippen molar-refractivity contribution >= 4 is 5.78 Å². The van der Waals surface area contributed by atoms with Gasteiger partial charge in [0.2, 0.25) is 0 Å². The predicted octanol–water partition coefficient (Wildman–Crippen LogP) is 2.34. The monoisotopic (exact) mass is 245 g/mol. The lowest BCUT2D eigenvalue weighted by atomic mass is 9.88. The van der Waals surface area contributed by atoms with Crippen LogP contribution in [0.3, 0.4) is 0 Å². The number of carbonyl (C=O) groups excluding carboxylic acids is 1. The summed E-state index contributed by atoms with van der Waals surface area (Å²) in [6, 6.07) is 5.94. The molecule has 1 aromatic rings. The maximum Gasteiger partial charge on any atom is 0.186 e. The summed E-state index contributed by atoms with van der Waals surface area (Å²) in [5, 5.41) is 3.33. The maximum absolute atomic E-state index is 12.7. The summed E-state index contributed by atoms with van der Waals surface area (Å²) >= 11 is 0. The molecule has 1 unspecified atom stereocenters. The van der Waals surface area contributed by atoms with Gasteiger partial charge in [0.05, 0.1) is 17.7 Å². The molecule has 3 nitrogen and oxygen atoms in total. The Kier molecular flexibility index (Phi) is 2.86. The van der Waals surface area contributed by atoms with Gasteiger partial charge < -0.3 is 10.1 Å². The van der Waals surface area contributed by atoms with Crippen molar-refractivity contribution in [2.24, 2.45) is 0 Å². The van der Waals surface area contributed by atoms with Crippen LogP contribution in [0.2, 0.25) is 0 Å². The van der Waals surface area contributed by atoms with Gasteiger partial charge in [-0.25, -0.2) is 0 Å². The first-order valence-corrected chi connectivity index (χ1v) is 6.75. The summed E-state index contributed by atoms with van der Waals surface area (Å²) in [7, 11) is 0. The van der Waals surface area contributed by atoms with Crippen LogP contribution in [0.25, 0.3) is 0 Å². The van der Waals surface area contributed by atoms with E-state index in [4.69, 9.17) is 4.74 Å². The Morgan fingerprint density at radius 3 is 3.06 bits per heavy atom. The number of nitrogens with one attached hydrogen (secondary N) is 1. The smallest absolute Gasteiger partial charge is 0.186 e. The quantitative estimate of drug-likeness (QED) is 0.813. The van der Waals surface area contributed by atoms with E-state index in [1.807, 2.05) is 19.1 Å². The molecule has 1 atom stereocenters. The zero-order valence-electron chi connectivity index (χ0n) is 10.8. The van der Waals surface area contributed by atoms with Gasteiger partial charge in [0.15, 0.2) is 5.78 Å². The highest BCUT2D eigenvalue weighted by molar-refractivity contribution is 6.05. The van der Waals surface area contributed by atoms with E-state index in [1.54, 1.807) is 0 Å². The van der Waals surface area contributed by atoms with Gasteiger partial charge in [0.25, 0.3) is 0 Å². The van der Waals surface area contributed by atoms with Gasteiger partial charge in [0, 0.05) is 0 Å². The van der Waals surface area contributed by atoms with Crippen molar-refractivity contribution in [3.05, 3.63) is 29.3 Å². The fourth-order valence-electron chi connectivity index (χ4n) is 2.95. The summed E-state index contributed by atoms with van der Waals surface area (Å²) in [5.74, 6) is 1.00. The van der Waals surface area contributed by atoms with Crippen molar-refractivity contribution in [2.75, 3.05) is 13.2 Å². The molecule has 2 aliphatic rings. The van der Waals surface area contributed by atoms with E-state index in [9.17, 15) is 4.79 Å². The van der Waals surface area contributed by atoms with Crippen LogP contribution in [0.15, 0.2) is 18.2 Å². The van der Waals surface area contributed by atoms with Crippen LogP contribution in [0.4, 0.5) is 0 Å². The van der Waals surface area contributed by atoms with Gasteiger partial charge >= 0.3 is 0 Å². The molecule has 0 spiro atoms. The van der Waals surface area contributed by atoms with Gasteiger partial charge in [-0.2, -0.15) is 0 Å². The average Bonchev–Trinajstić information content (AvgIpc) is 2.85. The molecule has 0 bridgehead atoms. The maximum atomic E-state index is 12.7. The third-order valence-electron chi connectivity index (χ3n) is 4.05. The third-order valence-corrected chi connectivity index (χ3v) is 4.05. The van der Waals surface area contributed by atoms with Gasteiger partial charge in [0.1, 0.15) is 5.75 Å². The van der Waals surface area contributed by atoms with Crippen molar-refractivity contribution in [3.8, 4) is 5.75 Å². The largest absolute Gasteiger partial charge is 0.493 e. The van der Waals surface area contributed by atoms with Crippen molar-refractivity contribution < 1.29 is 9.53 Å². The number of carbonyl (C=O) groups is 1. The van der Waals surface area contributed by atoms with Crippen LogP contribution in [-0.4, -0.2) is 24.5 Å². The van der Waals surface area contributed by atoms with Crippen LogP contribution in [0.5, 0.6) is 5.75 Å². The van der Waals surface area contributed by atoms with Crippen LogP contribution < -0.4 is 10.1 Å². The second-order valence-corrected chi connectivity index (χ2v) is 5.44. The molecule has 2 heterocycles. The molecule has 0 aliphatic carbocycles. The summed E-state index contributed by atoms with van der Waals surface area (Å²) in [6.07, 6.45) is 4.04. The Hall–Kier alpha value is -1.35. The number of aryl methyl sites for hydroxylation is 1. The van der Waals surface area contributed by atoms with Crippen molar-refractivity contribution in [1.82, 2.24) is 5.32 Å². The Labute approximate surface area is 108 Å². The molecular formula is C15H19NO2. The van der Waals surface area contributed by atoms with E-state index in [0.29, 0.717) is 0 Å². The minimum atomic E-state index is -0.407. The number of Topliss-reactive ketones (excluding diaryl/α,β-unsaturated/α-hetero) is 1. The first-order valence-electron chi connectivity index (χ1n) is 6.75. The SMILES string of the molecule is CC1(C(=O)c2cccc3c2OCCC3)CCCN1. The summed E-state index contributed by atoms with van der Waals surface area (Å²) in [5.41, 5.74) is 1.52. The first kappa shape index (κ1) is 11.7. The molecule has 1 saturated heterocycles. The molecule has 3 heteroatoms. The number of ether oxygens (including phenoxy) is 1. The molecule has 0 amide bonds. The van der Waals surface area contributed by atoms with E-state index in [1.165, 1.54) is 5.56 Å². The summed E-state index contributed by atoms with van der Waals surface area (Å²) in [6.45, 7) is 3.66. The second kappa shape index (κ2) is 4.39. The topological polar surface area (TPSA) is 38.3 Å². The molecule has 2 aliphatic heterocycles. The molecular weight excluding hydrogens is 226 g/mol. The van der Waals surface area contributed by atoms with Crippen LogP contribution in [0.1, 0.15) is 42.1 Å². The number of rotatable bonds is 2. The molecule has 1 aromatic carbocycles. The van der Waals surface area contributed by atoms with E-state index in [0.717, 1.165) is 50.1 Å². The zero-order valence-corrected chi connectivity index (χ0v) is 10.8. The first-order chi connectivity index (χ1) is 8.71. The number of hydrogen-bond donors (Lipinski definition) is 1. The van der Waals surface area contributed by atoms with E-state index in [2.05, 4.69) is 11.4 Å². The Morgan fingerprint density at radius 2 is 2.28 bits per heavy atom. The van der Waals surface area contributed by atoms with Gasteiger partial charge in [-0.3, -0.25) is 4.79 Å². The molecule has 1 N–H and O–H groups in total. The van der Waals surface area contributed by atoms with E-state index < -0.39 is 5.54 Å². The zero-order chi connectivity index (χ0) is 12.6. The standard InChI is InChI=1S/C15H19NO2/c1-15(8-4-9-16-15)14(17)12-7-2-5-11-6-3-10-18-13(11)12/h2,5,7,16H,3-4,6,8-10H2,1H3. The average molecular weight is 245 g/mol. The Morgan fingerprint density at radius 1 is 1.39 bits per heavy atom. The van der Waals surface area contributed by atoms with Gasteiger partial charge in [-0.1, -0.05) is 12.1 Å². The molecule has 18 heavy (non-hydrogen) atoms. The van der Waals surface area contributed by atoms with Crippen LogP contribution >= 0.6 is 0 Å². The lowest BCUT2D eigenvalue weighted by Gasteiger charge is -2.26. The van der Waals surface area contributed by atoms with Crippen LogP contribution in [-0.2, 0) is 6.42 Å². The van der Waals surface area contributed by atoms with Crippen molar-refractivity contribution in [1.29, 1.82) is 0 Å². The highest BCUT2D eigenvalue weighted by Crippen LogP contribution is 2.33. The second-order valence-electron chi connectivity index (χ2n) is 5.44. The number of benzene rings is 1. The fourth-order valence-corrected chi connectivity index (χ4v) is 2.95. The van der Waals surface area contributed by atoms with E-state index in [-0.39, 0.29) is 5.78 Å². The number of ketones is 1. The summed E-state index contributed by atoms with van der Waals surface area (Å²) in [4.78, 5) is 12.7. The molecule has 3 rings (SSSR count). The highest BCUT2D eigenvalue weighted by atomic mass is 16.5. The van der Waals surface area contributed by atoms with Gasteiger partial charge in [-0.05, 0) is 50.8 Å². The predicted molar refractivity (Wildman–Crippen MR) is 70.2 cm³/mol. The third kappa shape index (κ3) is 1.83. The number of fused-ring (bicyclic) bond motifs is 1. The molecule has 1 fully saturated rings. The lowest BCUT2D eigenvalue weighted by molar-refractivity contribution is 0.0879. The minimum Gasteiger partial charge on any atom is -0.493 e. The fraction of sp³-hybridized carbons (Fsp3) is 0.533. The summed E-state index contributed by atoms with van der Waals surface area (Å²) < 4.78 is 5.73. The molecule has 0 saturated carbocycles. The minimum absolute atomic E-state index is 0.179.